The number of imide groups is 1. The molecule has 7 heteroatoms. The third kappa shape index (κ3) is 4.71. The van der Waals surface area contributed by atoms with Gasteiger partial charge in [-0.1, -0.05) is 12.1 Å². The van der Waals surface area contributed by atoms with E-state index in [-0.39, 0.29) is 23.9 Å². The second kappa shape index (κ2) is 9.78. The van der Waals surface area contributed by atoms with E-state index in [4.69, 9.17) is 9.15 Å². The molecule has 2 aromatic carbocycles. The molecule has 1 fully saturated rings. The SMILES string of the molecule is COc1ccc(CCC2CCN(C(=O)c3ccc4c(c3)C(=O)N(Cc3ccco3)C4=O)CC2)cc1. The Bertz CT molecular complexity index is 1220. The topological polar surface area (TPSA) is 80.1 Å². The summed E-state index contributed by atoms with van der Waals surface area (Å²) < 4.78 is 10.5. The van der Waals surface area contributed by atoms with Crippen molar-refractivity contribution in [2.45, 2.75) is 32.2 Å². The van der Waals surface area contributed by atoms with Crippen molar-refractivity contribution in [3.63, 3.8) is 0 Å². The van der Waals surface area contributed by atoms with Crippen molar-refractivity contribution < 1.29 is 23.5 Å². The number of rotatable bonds is 7. The lowest BCUT2D eigenvalue weighted by Gasteiger charge is -2.32. The lowest BCUT2D eigenvalue weighted by Crippen LogP contribution is -2.38. The second-order valence-corrected chi connectivity index (χ2v) is 9.16. The molecule has 180 valence electrons. The van der Waals surface area contributed by atoms with E-state index in [2.05, 4.69) is 12.1 Å². The number of amides is 3. The van der Waals surface area contributed by atoms with Crippen LogP contribution in [0.4, 0.5) is 0 Å². The van der Waals surface area contributed by atoms with Gasteiger partial charge in [-0.2, -0.15) is 0 Å². The predicted molar refractivity (Wildman–Crippen MR) is 129 cm³/mol. The van der Waals surface area contributed by atoms with Crippen LogP contribution < -0.4 is 4.74 Å². The molecule has 0 bridgehead atoms. The Kier molecular flexibility index (Phi) is 6.40. The number of hydrogen-bond donors (Lipinski definition) is 0. The predicted octanol–water partition coefficient (Wildman–Crippen LogP) is 4.57. The van der Waals surface area contributed by atoms with E-state index in [0.717, 1.165) is 36.3 Å². The van der Waals surface area contributed by atoms with Crippen molar-refractivity contribution in [2.75, 3.05) is 20.2 Å². The molecule has 0 spiro atoms. The maximum Gasteiger partial charge on any atom is 0.261 e. The number of furan rings is 1. The van der Waals surface area contributed by atoms with Gasteiger partial charge in [0.25, 0.3) is 17.7 Å². The van der Waals surface area contributed by atoms with Crippen molar-refractivity contribution in [1.29, 1.82) is 0 Å². The summed E-state index contributed by atoms with van der Waals surface area (Å²) in [5.41, 5.74) is 2.35. The molecule has 0 aliphatic carbocycles. The molecule has 0 radical (unpaired) electrons. The molecule has 35 heavy (non-hydrogen) atoms. The molecular formula is C28H28N2O5. The summed E-state index contributed by atoms with van der Waals surface area (Å²) in [6, 6.07) is 16.4. The largest absolute Gasteiger partial charge is 0.497 e. The van der Waals surface area contributed by atoms with Crippen LogP contribution in [0.25, 0.3) is 0 Å². The maximum absolute atomic E-state index is 13.2. The van der Waals surface area contributed by atoms with E-state index in [1.54, 1.807) is 37.4 Å². The molecule has 3 heterocycles. The van der Waals surface area contributed by atoms with Crippen molar-refractivity contribution in [1.82, 2.24) is 9.80 Å². The van der Waals surface area contributed by atoms with Crippen LogP contribution >= 0.6 is 0 Å². The minimum Gasteiger partial charge on any atom is -0.497 e. The number of likely N-dealkylation sites (tertiary alicyclic amines) is 1. The van der Waals surface area contributed by atoms with E-state index < -0.39 is 5.91 Å². The minimum absolute atomic E-state index is 0.0761. The van der Waals surface area contributed by atoms with Crippen molar-refractivity contribution in [2.24, 2.45) is 5.92 Å². The smallest absolute Gasteiger partial charge is 0.261 e. The van der Waals surface area contributed by atoms with Crippen molar-refractivity contribution in [3.8, 4) is 5.75 Å². The third-order valence-electron chi connectivity index (χ3n) is 7.01. The molecule has 1 saturated heterocycles. The van der Waals surface area contributed by atoms with Gasteiger partial charge in [-0.15, -0.1) is 0 Å². The van der Waals surface area contributed by atoms with E-state index in [9.17, 15) is 14.4 Å². The molecule has 0 saturated carbocycles. The van der Waals surface area contributed by atoms with Gasteiger partial charge in [-0.3, -0.25) is 19.3 Å². The Hall–Kier alpha value is -3.87. The molecule has 3 amide bonds. The van der Waals surface area contributed by atoms with Crippen LogP contribution in [0.15, 0.2) is 65.3 Å². The molecular weight excluding hydrogens is 444 g/mol. The van der Waals surface area contributed by atoms with Crippen LogP contribution in [0.5, 0.6) is 5.75 Å². The minimum atomic E-state index is -0.395. The standard InChI is InChI=1S/C28H28N2O5/c1-34-22-9-6-19(7-10-22)4-5-20-12-14-29(15-13-20)26(31)21-8-11-24-25(17-21)28(33)30(27(24)32)18-23-3-2-16-35-23/h2-3,6-11,16-17,20H,4-5,12-15,18H2,1H3. The number of fused-ring (bicyclic) bond motifs is 1. The number of piperidine rings is 1. The number of aryl methyl sites for hydroxylation is 1. The van der Waals surface area contributed by atoms with E-state index in [1.165, 1.54) is 11.8 Å². The first kappa shape index (κ1) is 22.9. The van der Waals surface area contributed by atoms with Gasteiger partial charge in [-0.05, 0) is 79.6 Å². The average molecular weight is 473 g/mol. The zero-order valence-corrected chi connectivity index (χ0v) is 19.7. The van der Waals surface area contributed by atoms with Crippen LogP contribution in [0.3, 0.4) is 0 Å². The van der Waals surface area contributed by atoms with Gasteiger partial charge in [0, 0.05) is 18.7 Å². The summed E-state index contributed by atoms with van der Waals surface area (Å²) in [5, 5.41) is 0. The average Bonchev–Trinajstić information content (AvgIpc) is 3.50. The molecule has 0 N–H and O–H groups in total. The molecule has 2 aliphatic heterocycles. The molecule has 2 aliphatic rings. The van der Waals surface area contributed by atoms with Crippen LogP contribution in [0, 0.1) is 5.92 Å². The lowest BCUT2D eigenvalue weighted by molar-refractivity contribution is 0.0630. The number of nitrogens with zero attached hydrogens (tertiary/aromatic N) is 2. The molecule has 0 unspecified atom stereocenters. The van der Waals surface area contributed by atoms with Crippen molar-refractivity contribution in [3.05, 3.63) is 88.9 Å². The molecule has 3 aromatic rings. The number of ether oxygens (including phenoxy) is 1. The number of hydrogen-bond acceptors (Lipinski definition) is 5. The van der Waals surface area contributed by atoms with Gasteiger partial charge in [0.05, 0.1) is 31.0 Å². The highest BCUT2D eigenvalue weighted by Gasteiger charge is 2.37. The fraction of sp³-hybridized carbons (Fsp3) is 0.321. The normalized spacial score (nSPS) is 16.0. The van der Waals surface area contributed by atoms with E-state index in [0.29, 0.717) is 35.9 Å². The van der Waals surface area contributed by atoms with E-state index in [1.807, 2.05) is 17.0 Å². The van der Waals surface area contributed by atoms with Crippen LogP contribution in [0.1, 0.15) is 61.7 Å². The summed E-state index contributed by atoms with van der Waals surface area (Å²) >= 11 is 0. The highest BCUT2D eigenvalue weighted by atomic mass is 16.5. The molecule has 0 atom stereocenters. The molecule has 5 rings (SSSR count). The van der Waals surface area contributed by atoms with Gasteiger partial charge in [0.2, 0.25) is 0 Å². The van der Waals surface area contributed by atoms with Gasteiger partial charge >= 0.3 is 0 Å². The summed E-state index contributed by atoms with van der Waals surface area (Å²) in [7, 11) is 1.67. The maximum atomic E-state index is 13.2. The number of methoxy groups -OCH3 is 1. The fourth-order valence-corrected chi connectivity index (χ4v) is 4.90. The Labute approximate surface area is 204 Å². The zero-order valence-electron chi connectivity index (χ0n) is 19.7. The van der Waals surface area contributed by atoms with Gasteiger partial charge in [-0.25, -0.2) is 0 Å². The first-order chi connectivity index (χ1) is 17.0. The first-order valence-corrected chi connectivity index (χ1v) is 12.0. The van der Waals surface area contributed by atoms with Crippen LogP contribution in [-0.2, 0) is 13.0 Å². The monoisotopic (exact) mass is 472 g/mol. The Balaban J connectivity index is 1.18. The van der Waals surface area contributed by atoms with Crippen LogP contribution in [0.2, 0.25) is 0 Å². The Morgan fingerprint density at radius 2 is 1.74 bits per heavy atom. The van der Waals surface area contributed by atoms with Gasteiger partial charge in [0.1, 0.15) is 11.5 Å². The van der Waals surface area contributed by atoms with Gasteiger partial charge in [0.15, 0.2) is 0 Å². The summed E-state index contributed by atoms with van der Waals surface area (Å²) in [5.74, 6) is 1.13. The Morgan fingerprint density at radius 3 is 2.43 bits per heavy atom. The number of carbonyl (C=O) groups is 3. The Morgan fingerprint density at radius 1 is 1.00 bits per heavy atom. The van der Waals surface area contributed by atoms with Crippen LogP contribution in [-0.4, -0.2) is 47.7 Å². The van der Waals surface area contributed by atoms with Crippen molar-refractivity contribution >= 4 is 17.7 Å². The lowest BCUT2D eigenvalue weighted by atomic mass is 9.90. The van der Waals surface area contributed by atoms with Gasteiger partial charge < -0.3 is 14.1 Å². The number of benzene rings is 2. The summed E-state index contributed by atoms with van der Waals surface area (Å²) in [6.07, 6.45) is 5.53. The zero-order chi connectivity index (χ0) is 24.4. The molecule has 7 nitrogen and oxygen atoms in total. The second-order valence-electron chi connectivity index (χ2n) is 9.16. The quantitative estimate of drug-likeness (QED) is 0.471. The highest BCUT2D eigenvalue weighted by molar-refractivity contribution is 6.22. The molecule has 1 aromatic heterocycles. The first-order valence-electron chi connectivity index (χ1n) is 12.0. The summed E-state index contributed by atoms with van der Waals surface area (Å²) in [4.78, 5) is 41.8. The highest BCUT2D eigenvalue weighted by Crippen LogP contribution is 2.28. The number of carbonyl (C=O) groups excluding carboxylic acids is 3. The fourth-order valence-electron chi connectivity index (χ4n) is 4.90. The summed E-state index contributed by atoms with van der Waals surface area (Å²) in [6.45, 7) is 1.47. The van der Waals surface area contributed by atoms with E-state index >= 15 is 0 Å². The third-order valence-corrected chi connectivity index (χ3v) is 7.01.